The Kier molecular flexibility index (Phi) is 3.03. The number of fused-ring (bicyclic) bond motifs is 1. The van der Waals surface area contributed by atoms with Gasteiger partial charge in [0, 0.05) is 23.9 Å². The molecule has 0 saturated heterocycles. The molecule has 1 aromatic heterocycles. The van der Waals surface area contributed by atoms with Gasteiger partial charge in [0.05, 0.1) is 18.8 Å². The number of ether oxygens (including phenoxy) is 1. The van der Waals surface area contributed by atoms with E-state index in [0.29, 0.717) is 0 Å². The Hall–Kier alpha value is -1.81. The third kappa shape index (κ3) is 2.02. The molecule has 3 rings (SSSR count). The Bertz CT molecular complexity index is 603. The van der Waals surface area contributed by atoms with Crippen LogP contribution in [0.25, 0.3) is 0 Å². The van der Waals surface area contributed by atoms with E-state index in [2.05, 4.69) is 23.3 Å². The van der Waals surface area contributed by atoms with Gasteiger partial charge < -0.3 is 10.5 Å². The molecule has 1 aromatic carbocycles. The van der Waals surface area contributed by atoms with Crippen LogP contribution in [0.5, 0.6) is 5.75 Å². The summed E-state index contributed by atoms with van der Waals surface area (Å²) in [5.74, 6) is 0.976. The molecule has 2 heterocycles. The van der Waals surface area contributed by atoms with Crippen LogP contribution in [0, 0.1) is 6.92 Å². The first kappa shape index (κ1) is 12.2. The summed E-state index contributed by atoms with van der Waals surface area (Å²) in [6, 6.07) is 6.07. The van der Waals surface area contributed by atoms with E-state index < -0.39 is 0 Å². The van der Waals surface area contributed by atoms with Gasteiger partial charge in [-0.3, -0.25) is 4.68 Å². The van der Waals surface area contributed by atoms with E-state index in [-0.39, 0.29) is 6.04 Å². The first-order chi connectivity index (χ1) is 9.18. The van der Waals surface area contributed by atoms with Crippen LogP contribution in [-0.2, 0) is 13.5 Å². The lowest BCUT2D eigenvalue weighted by Gasteiger charge is -2.23. The Morgan fingerprint density at radius 2 is 2.21 bits per heavy atom. The summed E-state index contributed by atoms with van der Waals surface area (Å²) >= 11 is 0. The van der Waals surface area contributed by atoms with Crippen molar-refractivity contribution in [3.05, 3.63) is 46.8 Å². The van der Waals surface area contributed by atoms with Crippen LogP contribution in [0.2, 0.25) is 0 Å². The maximum absolute atomic E-state index is 6.42. The fraction of sp³-hybridized carbons (Fsp3) is 0.400. The van der Waals surface area contributed by atoms with E-state index in [1.807, 2.05) is 24.9 Å². The number of para-hydroxylation sites is 1. The minimum atomic E-state index is -0.179. The molecule has 4 nitrogen and oxygen atoms in total. The molecular formula is C15H19N3O. The molecule has 0 radical (unpaired) electrons. The lowest BCUT2D eigenvalue weighted by molar-refractivity contribution is 0.284. The van der Waals surface area contributed by atoms with Crippen molar-refractivity contribution in [1.29, 1.82) is 0 Å². The van der Waals surface area contributed by atoms with Gasteiger partial charge in [-0.15, -0.1) is 0 Å². The second kappa shape index (κ2) is 4.70. The summed E-state index contributed by atoms with van der Waals surface area (Å²) in [6.07, 6.45) is 4.00. The number of hydrogen-bond acceptors (Lipinski definition) is 3. The number of aromatic nitrogens is 2. The molecule has 1 aliphatic heterocycles. The molecular weight excluding hydrogens is 238 g/mol. The van der Waals surface area contributed by atoms with E-state index >= 15 is 0 Å². The first-order valence-electron chi connectivity index (χ1n) is 6.67. The molecule has 0 aliphatic carbocycles. The van der Waals surface area contributed by atoms with Gasteiger partial charge in [-0.05, 0) is 25.3 Å². The molecule has 1 atom stereocenters. The van der Waals surface area contributed by atoms with Crippen LogP contribution in [0.15, 0.2) is 24.4 Å². The van der Waals surface area contributed by atoms with Crippen LogP contribution < -0.4 is 10.5 Å². The normalized spacial score (nSPS) is 15.7. The molecule has 0 amide bonds. The molecule has 0 spiro atoms. The molecule has 4 heteroatoms. The standard InChI is InChI=1S/C15H19N3O/c1-10-13(9-17-18(10)2)14(16)12-7-3-5-11-6-4-8-19-15(11)12/h3,5,7,9,14H,4,6,8,16H2,1-2H3. The highest BCUT2D eigenvalue weighted by Gasteiger charge is 2.22. The molecule has 100 valence electrons. The predicted octanol–water partition coefficient (Wildman–Crippen LogP) is 2.10. The Morgan fingerprint density at radius 3 is 2.95 bits per heavy atom. The molecule has 1 unspecified atom stereocenters. The summed E-state index contributed by atoms with van der Waals surface area (Å²) in [5.41, 5.74) is 10.9. The fourth-order valence-electron chi connectivity index (χ4n) is 2.65. The van der Waals surface area contributed by atoms with Crippen molar-refractivity contribution in [2.75, 3.05) is 6.61 Å². The molecule has 19 heavy (non-hydrogen) atoms. The topological polar surface area (TPSA) is 53.1 Å². The smallest absolute Gasteiger partial charge is 0.127 e. The van der Waals surface area contributed by atoms with E-state index in [0.717, 1.165) is 42.0 Å². The van der Waals surface area contributed by atoms with Gasteiger partial charge in [-0.1, -0.05) is 18.2 Å². The largest absolute Gasteiger partial charge is 0.493 e. The van der Waals surface area contributed by atoms with Crippen molar-refractivity contribution in [2.45, 2.75) is 25.8 Å². The van der Waals surface area contributed by atoms with Gasteiger partial charge in [-0.2, -0.15) is 5.10 Å². The average molecular weight is 257 g/mol. The number of benzene rings is 1. The molecule has 0 saturated carbocycles. The number of nitrogens with two attached hydrogens (primary N) is 1. The SMILES string of the molecule is Cc1c(C(N)c2cccc3c2OCCC3)cnn1C. The zero-order valence-electron chi connectivity index (χ0n) is 11.4. The van der Waals surface area contributed by atoms with Crippen LogP contribution in [-0.4, -0.2) is 16.4 Å². The van der Waals surface area contributed by atoms with Crippen LogP contribution in [0.4, 0.5) is 0 Å². The van der Waals surface area contributed by atoms with Crippen LogP contribution in [0.3, 0.4) is 0 Å². The summed E-state index contributed by atoms with van der Waals surface area (Å²) in [5, 5.41) is 4.27. The van der Waals surface area contributed by atoms with Gasteiger partial charge >= 0.3 is 0 Å². The molecule has 2 aromatic rings. The van der Waals surface area contributed by atoms with Gasteiger partial charge in [0.1, 0.15) is 5.75 Å². The van der Waals surface area contributed by atoms with Gasteiger partial charge in [-0.25, -0.2) is 0 Å². The minimum absolute atomic E-state index is 0.179. The number of hydrogen-bond donors (Lipinski definition) is 1. The van der Waals surface area contributed by atoms with Crippen molar-refractivity contribution < 1.29 is 4.74 Å². The first-order valence-corrected chi connectivity index (χ1v) is 6.67. The van der Waals surface area contributed by atoms with E-state index in [4.69, 9.17) is 10.5 Å². The highest BCUT2D eigenvalue weighted by atomic mass is 16.5. The highest BCUT2D eigenvalue weighted by Crippen LogP contribution is 2.35. The molecule has 2 N–H and O–H groups in total. The third-order valence-electron chi connectivity index (χ3n) is 3.91. The Balaban J connectivity index is 2.05. The van der Waals surface area contributed by atoms with Gasteiger partial charge in [0.15, 0.2) is 0 Å². The second-order valence-corrected chi connectivity index (χ2v) is 5.07. The number of aryl methyl sites for hydroxylation is 2. The van der Waals surface area contributed by atoms with Crippen LogP contribution >= 0.6 is 0 Å². The fourth-order valence-corrected chi connectivity index (χ4v) is 2.65. The Morgan fingerprint density at radius 1 is 1.37 bits per heavy atom. The van der Waals surface area contributed by atoms with E-state index in [1.54, 1.807) is 0 Å². The number of nitrogens with zero attached hydrogens (tertiary/aromatic N) is 2. The van der Waals surface area contributed by atoms with E-state index in [1.165, 1.54) is 5.56 Å². The Labute approximate surface area is 113 Å². The third-order valence-corrected chi connectivity index (χ3v) is 3.91. The van der Waals surface area contributed by atoms with Gasteiger partial charge in [0.2, 0.25) is 0 Å². The maximum atomic E-state index is 6.42. The van der Waals surface area contributed by atoms with Crippen molar-refractivity contribution in [3.8, 4) is 5.75 Å². The zero-order chi connectivity index (χ0) is 13.4. The summed E-state index contributed by atoms with van der Waals surface area (Å²) in [7, 11) is 1.93. The number of rotatable bonds is 2. The van der Waals surface area contributed by atoms with Crippen molar-refractivity contribution in [1.82, 2.24) is 9.78 Å². The second-order valence-electron chi connectivity index (χ2n) is 5.07. The summed E-state index contributed by atoms with van der Waals surface area (Å²) < 4.78 is 7.69. The lowest BCUT2D eigenvalue weighted by Crippen LogP contribution is -2.17. The zero-order valence-corrected chi connectivity index (χ0v) is 11.4. The van der Waals surface area contributed by atoms with Crippen molar-refractivity contribution in [3.63, 3.8) is 0 Å². The summed E-state index contributed by atoms with van der Waals surface area (Å²) in [4.78, 5) is 0. The highest BCUT2D eigenvalue weighted by molar-refractivity contribution is 5.47. The average Bonchev–Trinajstić information content (AvgIpc) is 2.78. The predicted molar refractivity (Wildman–Crippen MR) is 74.2 cm³/mol. The maximum Gasteiger partial charge on any atom is 0.127 e. The minimum Gasteiger partial charge on any atom is -0.493 e. The summed E-state index contributed by atoms with van der Waals surface area (Å²) in [6.45, 7) is 2.82. The quantitative estimate of drug-likeness (QED) is 0.896. The monoisotopic (exact) mass is 257 g/mol. The van der Waals surface area contributed by atoms with Crippen molar-refractivity contribution >= 4 is 0 Å². The van der Waals surface area contributed by atoms with Crippen LogP contribution in [0.1, 0.15) is 34.8 Å². The molecule has 0 fully saturated rings. The van der Waals surface area contributed by atoms with Crippen molar-refractivity contribution in [2.24, 2.45) is 12.8 Å². The molecule has 0 bridgehead atoms. The lowest BCUT2D eigenvalue weighted by atomic mass is 9.94. The van der Waals surface area contributed by atoms with E-state index in [9.17, 15) is 0 Å². The molecule has 1 aliphatic rings. The van der Waals surface area contributed by atoms with Gasteiger partial charge in [0.25, 0.3) is 0 Å².